The van der Waals surface area contributed by atoms with Gasteiger partial charge >= 0.3 is 5.97 Å². The Balaban J connectivity index is 0.000000479. The fourth-order valence-corrected chi connectivity index (χ4v) is 3.10. The predicted molar refractivity (Wildman–Crippen MR) is 137 cm³/mol. The Bertz CT molecular complexity index is 1100. The number of rotatable bonds is 4. The standard InChI is InChI=1S/C8H7Cl2NO2.C6H5Cl2NO.C6H3Cl2NO.CH4/c1-2-13-8(12)5-4-11-7(10)3-6(5)9;2*7-5-1-6(8)9-2-4(5)3-10;/h3-4H,2H2,1H3;1-2,10H,3H2;1-3H;1H4. The lowest BCUT2D eigenvalue weighted by atomic mass is 10.3. The van der Waals surface area contributed by atoms with Gasteiger partial charge in [-0.1, -0.05) is 77.0 Å². The number of hydrogen-bond acceptors (Lipinski definition) is 7. The van der Waals surface area contributed by atoms with Crippen LogP contribution < -0.4 is 0 Å². The lowest BCUT2D eigenvalue weighted by Crippen LogP contribution is -2.05. The van der Waals surface area contributed by atoms with E-state index in [9.17, 15) is 9.59 Å². The van der Waals surface area contributed by atoms with Gasteiger partial charge in [0.1, 0.15) is 15.5 Å². The summed E-state index contributed by atoms with van der Waals surface area (Å²) in [6, 6.07) is 4.32. The number of halogens is 6. The van der Waals surface area contributed by atoms with Crippen molar-refractivity contribution in [3.05, 3.63) is 84.0 Å². The van der Waals surface area contributed by atoms with E-state index in [0.717, 1.165) is 0 Å². The van der Waals surface area contributed by atoms with Crippen molar-refractivity contribution >= 4 is 81.9 Å². The molecule has 7 nitrogen and oxygen atoms in total. The zero-order valence-corrected chi connectivity index (χ0v) is 21.3. The van der Waals surface area contributed by atoms with Crippen LogP contribution in [0.2, 0.25) is 30.5 Å². The van der Waals surface area contributed by atoms with Crippen molar-refractivity contribution in [2.75, 3.05) is 6.61 Å². The number of esters is 1. The summed E-state index contributed by atoms with van der Waals surface area (Å²) >= 11 is 33.5. The maximum atomic E-state index is 11.2. The highest BCUT2D eigenvalue weighted by Gasteiger charge is 2.11. The van der Waals surface area contributed by atoms with Gasteiger partial charge in [-0.15, -0.1) is 0 Å². The van der Waals surface area contributed by atoms with Gasteiger partial charge in [0.05, 0.1) is 39.4 Å². The summed E-state index contributed by atoms with van der Waals surface area (Å²) in [5.74, 6) is -0.489. The number of nitrogens with zero attached hydrogens (tertiary/aromatic N) is 3. The molecule has 0 bridgehead atoms. The summed E-state index contributed by atoms with van der Waals surface area (Å²) < 4.78 is 4.74. The lowest BCUT2D eigenvalue weighted by Gasteiger charge is -2.02. The van der Waals surface area contributed by atoms with E-state index in [4.69, 9.17) is 79.4 Å². The molecular weight excluding hydrogens is 571 g/mol. The fraction of sp³-hybridized carbons (Fsp3) is 0.190. The Kier molecular flexibility index (Phi) is 16.0. The van der Waals surface area contributed by atoms with Crippen molar-refractivity contribution in [1.82, 2.24) is 15.0 Å². The molecule has 0 aliphatic rings. The van der Waals surface area contributed by atoms with Gasteiger partial charge in [-0.2, -0.15) is 0 Å². The molecular formula is C21H19Cl6N3O4. The molecule has 1 N–H and O–H groups in total. The molecule has 0 saturated carbocycles. The first-order valence-electron chi connectivity index (χ1n) is 8.78. The number of aromatic nitrogens is 3. The molecule has 34 heavy (non-hydrogen) atoms. The molecule has 3 heterocycles. The Hall–Kier alpha value is -1.71. The summed E-state index contributed by atoms with van der Waals surface area (Å²) in [5.41, 5.74) is 1.17. The molecule has 184 valence electrons. The number of aldehydes is 1. The normalized spacial score (nSPS) is 9.41. The first-order chi connectivity index (χ1) is 15.6. The van der Waals surface area contributed by atoms with Crippen LogP contribution in [-0.4, -0.2) is 38.9 Å². The monoisotopic (exact) mass is 587 g/mol. The number of carbonyl (C=O) groups excluding carboxylic acids is 2. The molecule has 0 spiro atoms. The minimum Gasteiger partial charge on any atom is -0.462 e. The number of aliphatic hydroxyl groups is 1. The van der Waals surface area contributed by atoms with Gasteiger partial charge in [0.25, 0.3) is 0 Å². The van der Waals surface area contributed by atoms with Crippen LogP contribution in [0, 0.1) is 0 Å². The van der Waals surface area contributed by atoms with Crippen LogP contribution in [0.3, 0.4) is 0 Å². The van der Waals surface area contributed by atoms with E-state index in [0.29, 0.717) is 39.2 Å². The molecule has 0 amide bonds. The van der Waals surface area contributed by atoms with Crippen molar-refractivity contribution in [3.63, 3.8) is 0 Å². The minimum absolute atomic E-state index is 0. The number of carbonyl (C=O) groups is 2. The van der Waals surface area contributed by atoms with Crippen LogP contribution in [0.15, 0.2) is 36.8 Å². The second kappa shape index (κ2) is 16.8. The van der Waals surface area contributed by atoms with Crippen molar-refractivity contribution in [2.45, 2.75) is 21.0 Å². The minimum atomic E-state index is -0.489. The SMILES string of the molecule is C.CCOC(=O)c1cnc(Cl)cc1Cl.O=Cc1cnc(Cl)cc1Cl.OCc1cnc(Cl)cc1Cl. The summed E-state index contributed by atoms with van der Waals surface area (Å²) in [6.45, 7) is 1.91. The molecule has 0 unspecified atom stereocenters. The second-order valence-electron chi connectivity index (χ2n) is 5.61. The number of aliphatic hydroxyl groups excluding tert-OH is 1. The van der Waals surface area contributed by atoms with E-state index < -0.39 is 5.97 Å². The van der Waals surface area contributed by atoms with Crippen molar-refractivity contribution in [1.29, 1.82) is 0 Å². The van der Waals surface area contributed by atoms with Crippen LogP contribution >= 0.6 is 69.6 Å². The molecule has 0 atom stereocenters. The van der Waals surface area contributed by atoms with Crippen LogP contribution in [-0.2, 0) is 11.3 Å². The first kappa shape index (κ1) is 32.3. The van der Waals surface area contributed by atoms with Gasteiger partial charge in [0, 0.05) is 24.2 Å². The maximum absolute atomic E-state index is 11.2. The third-order valence-corrected chi connectivity index (χ3v) is 4.97. The summed E-state index contributed by atoms with van der Waals surface area (Å²) in [4.78, 5) is 32.5. The van der Waals surface area contributed by atoms with E-state index in [-0.39, 0.29) is 34.9 Å². The smallest absolute Gasteiger partial charge is 0.341 e. The highest BCUT2D eigenvalue weighted by Crippen LogP contribution is 2.19. The van der Waals surface area contributed by atoms with E-state index >= 15 is 0 Å². The van der Waals surface area contributed by atoms with Gasteiger partial charge in [-0.05, 0) is 25.1 Å². The van der Waals surface area contributed by atoms with Gasteiger partial charge in [-0.25, -0.2) is 19.7 Å². The number of pyridine rings is 3. The molecule has 0 fully saturated rings. The largest absolute Gasteiger partial charge is 0.462 e. The molecule has 3 aromatic heterocycles. The highest BCUT2D eigenvalue weighted by molar-refractivity contribution is 6.36. The zero-order valence-electron chi connectivity index (χ0n) is 16.7. The molecule has 3 aromatic rings. The Labute approximate surface area is 226 Å². The quantitative estimate of drug-likeness (QED) is 0.194. The van der Waals surface area contributed by atoms with Gasteiger partial charge < -0.3 is 9.84 Å². The third kappa shape index (κ3) is 11.1. The van der Waals surface area contributed by atoms with Gasteiger partial charge in [0.2, 0.25) is 0 Å². The van der Waals surface area contributed by atoms with Crippen molar-refractivity contribution in [2.24, 2.45) is 0 Å². The lowest BCUT2D eigenvalue weighted by molar-refractivity contribution is 0.0526. The predicted octanol–water partition coefficient (Wildman–Crippen LogP) is 7.28. The average Bonchev–Trinajstić information content (AvgIpc) is 2.75. The Morgan fingerprint density at radius 1 is 0.882 bits per heavy atom. The van der Waals surface area contributed by atoms with Crippen LogP contribution in [0.1, 0.15) is 40.6 Å². The molecule has 0 aromatic carbocycles. The molecule has 0 aliphatic heterocycles. The number of hydrogen-bond donors (Lipinski definition) is 1. The molecule has 3 rings (SSSR count). The number of ether oxygens (including phenoxy) is 1. The van der Waals surface area contributed by atoms with Crippen LogP contribution in [0.25, 0.3) is 0 Å². The summed E-state index contributed by atoms with van der Waals surface area (Å²) in [7, 11) is 0. The zero-order chi connectivity index (χ0) is 25.0. The van der Waals surface area contributed by atoms with Crippen LogP contribution in [0.5, 0.6) is 0 Å². The Morgan fingerprint density at radius 3 is 1.82 bits per heavy atom. The van der Waals surface area contributed by atoms with E-state index in [1.54, 1.807) is 6.92 Å². The third-order valence-electron chi connectivity index (χ3n) is 3.36. The summed E-state index contributed by atoms with van der Waals surface area (Å²) in [5, 5.41) is 10.5. The first-order valence-corrected chi connectivity index (χ1v) is 11.0. The van der Waals surface area contributed by atoms with E-state index in [2.05, 4.69) is 15.0 Å². The van der Waals surface area contributed by atoms with Crippen LogP contribution in [0.4, 0.5) is 0 Å². The average molecular weight is 590 g/mol. The van der Waals surface area contributed by atoms with E-state index in [1.165, 1.54) is 36.8 Å². The Morgan fingerprint density at radius 2 is 1.38 bits per heavy atom. The molecule has 13 heteroatoms. The molecule has 0 saturated heterocycles. The highest BCUT2D eigenvalue weighted by atomic mass is 35.5. The van der Waals surface area contributed by atoms with Gasteiger partial charge in [0.15, 0.2) is 6.29 Å². The van der Waals surface area contributed by atoms with Crippen molar-refractivity contribution in [3.8, 4) is 0 Å². The molecule has 0 radical (unpaired) electrons. The van der Waals surface area contributed by atoms with Gasteiger partial charge in [-0.3, -0.25) is 4.79 Å². The maximum Gasteiger partial charge on any atom is 0.341 e. The fourth-order valence-electron chi connectivity index (χ4n) is 1.82. The topological polar surface area (TPSA) is 102 Å². The molecule has 0 aliphatic carbocycles. The summed E-state index contributed by atoms with van der Waals surface area (Å²) in [6.07, 6.45) is 4.71. The van der Waals surface area contributed by atoms with Crippen molar-refractivity contribution < 1.29 is 19.4 Å². The van der Waals surface area contributed by atoms with E-state index in [1.807, 2.05) is 0 Å². The second-order valence-corrected chi connectivity index (χ2v) is 7.99.